The number of nitrogens with one attached hydrogen (secondary N) is 1. The minimum Gasteiger partial charge on any atom is -0.480 e. The zero-order chi connectivity index (χ0) is 13.8. The van der Waals surface area contributed by atoms with Crippen LogP contribution in [0.1, 0.15) is 18.5 Å². The lowest BCUT2D eigenvalue weighted by Gasteiger charge is -2.18. The van der Waals surface area contributed by atoms with Gasteiger partial charge in [-0.1, -0.05) is 22.0 Å². The Kier molecular flexibility index (Phi) is 4.37. The van der Waals surface area contributed by atoms with Gasteiger partial charge in [0.05, 0.1) is 12.8 Å². The highest BCUT2D eigenvalue weighted by molar-refractivity contribution is 9.10. The van der Waals surface area contributed by atoms with E-state index in [0.29, 0.717) is 5.88 Å². The van der Waals surface area contributed by atoms with Crippen molar-refractivity contribution in [2.45, 2.75) is 13.0 Å². The van der Waals surface area contributed by atoms with Crippen molar-refractivity contribution in [3.8, 4) is 5.88 Å². The molecule has 0 aliphatic carbocycles. The second kappa shape index (κ2) is 6.02. The van der Waals surface area contributed by atoms with Crippen LogP contribution in [0.3, 0.4) is 0 Å². The Morgan fingerprint density at radius 3 is 2.84 bits per heavy atom. The van der Waals surface area contributed by atoms with E-state index < -0.39 is 0 Å². The average Bonchev–Trinajstić information content (AvgIpc) is 2.39. The Labute approximate surface area is 119 Å². The topological polar surface area (TPSA) is 34.1 Å². The molecule has 2 aromatic rings. The van der Waals surface area contributed by atoms with Crippen LogP contribution in [-0.4, -0.2) is 12.1 Å². The van der Waals surface area contributed by atoms with Crippen molar-refractivity contribution in [3.63, 3.8) is 0 Å². The standard InChI is InChI=1S/C14H14BrFN2O/c1-9(11-6-5-10(16)8-12(11)15)18-13-4-3-7-17-14(13)19-2/h3-9,18H,1-2H3. The minimum atomic E-state index is -0.262. The molecule has 0 fully saturated rings. The summed E-state index contributed by atoms with van der Waals surface area (Å²) in [5.41, 5.74) is 1.76. The van der Waals surface area contributed by atoms with Crippen molar-refractivity contribution >= 4 is 21.6 Å². The summed E-state index contributed by atoms with van der Waals surface area (Å²) in [5.74, 6) is 0.273. The molecule has 1 aromatic carbocycles. The summed E-state index contributed by atoms with van der Waals surface area (Å²) in [7, 11) is 1.58. The molecule has 1 aromatic heterocycles. The van der Waals surface area contributed by atoms with Gasteiger partial charge in [-0.15, -0.1) is 0 Å². The molecule has 0 amide bonds. The molecule has 19 heavy (non-hydrogen) atoms. The van der Waals surface area contributed by atoms with Gasteiger partial charge in [-0.05, 0) is 36.8 Å². The maximum Gasteiger partial charge on any atom is 0.237 e. The molecule has 5 heteroatoms. The highest BCUT2D eigenvalue weighted by Crippen LogP contribution is 2.29. The summed E-state index contributed by atoms with van der Waals surface area (Å²) in [6.07, 6.45) is 1.67. The number of methoxy groups -OCH3 is 1. The summed E-state index contributed by atoms with van der Waals surface area (Å²) < 4.78 is 19.0. The number of benzene rings is 1. The van der Waals surface area contributed by atoms with Crippen molar-refractivity contribution < 1.29 is 9.13 Å². The number of hydrogen-bond acceptors (Lipinski definition) is 3. The predicted octanol–water partition coefficient (Wildman–Crippen LogP) is 4.16. The highest BCUT2D eigenvalue weighted by atomic mass is 79.9. The molecule has 0 aliphatic rings. The van der Waals surface area contributed by atoms with Gasteiger partial charge in [0.2, 0.25) is 5.88 Å². The van der Waals surface area contributed by atoms with Gasteiger partial charge in [-0.3, -0.25) is 0 Å². The van der Waals surface area contributed by atoms with E-state index in [-0.39, 0.29) is 11.9 Å². The Morgan fingerprint density at radius 1 is 1.37 bits per heavy atom. The first-order valence-corrected chi connectivity index (χ1v) is 6.61. The smallest absolute Gasteiger partial charge is 0.237 e. The van der Waals surface area contributed by atoms with Crippen molar-refractivity contribution in [3.05, 3.63) is 52.4 Å². The van der Waals surface area contributed by atoms with Crippen LogP contribution in [0, 0.1) is 5.82 Å². The maximum atomic E-state index is 13.1. The number of rotatable bonds is 4. The number of anilines is 1. The van der Waals surface area contributed by atoms with E-state index in [0.717, 1.165) is 15.7 Å². The summed E-state index contributed by atoms with van der Waals surface area (Å²) in [4.78, 5) is 4.12. The average molecular weight is 325 g/mol. The molecule has 0 bridgehead atoms. The van der Waals surface area contributed by atoms with E-state index in [1.165, 1.54) is 12.1 Å². The predicted molar refractivity (Wildman–Crippen MR) is 76.9 cm³/mol. The lowest BCUT2D eigenvalue weighted by atomic mass is 10.1. The van der Waals surface area contributed by atoms with Crippen LogP contribution in [0.4, 0.5) is 10.1 Å². The molecular formula is C14H14BrFN2O. The maximum absolute atomic E-state index is 13.1. The quantitative estimate of drug-likeness (QED) is 0.916. The fourth-order valence-corrected chi connectivity index (χ4v) is 2.52. The molecule has 0 radical (unpaired) electrons. The van der Waals surface area contributed by atoms with Gasteiger partial charge in [0, 0.05) is 16.7 Å². The molecule has 0 aliphatic heterocycles. The van der Waals surface area contributed by atoms with Gasteiger partial charge < -0.3 is 10.1 Å². The second-order valence-corrected chi connectivity index (χ2v) is 4.95. The molecule has 1 unspecified atom stereocenters. The van der Waals surface area contributed by atoms with Gasteiger partial charge in [-0.2, -0.15) is 0 Å². The number of ether oxygens (including phenoxy) is 1. The van der Waals surface area contributed by atoms with Crippen LogP contribution in [0.25, 0.3) is 0 Å². The number of pyridine rings is 1. The zero-order valence-corrected chi connectivity index (χ0v) is 12.2. The number of nitrogens with zero attached hydrogens (tertiary/aromatic N) is 1. The molecule has 2 rings (SSSR count). The van der Waals surface area contributed by atoms with Gasteiger partial charge in [-0.25, -0.2) is 9.37 Å². The van der Waals surface area contributed by atoms with Crippen LogP contribution in [0.2, 0.25) is 0 Å². The van der Waals surface area contributed by atoms with E-state index in [2.05, 4.69) is 26.2 Å². The summed E-state index contributed by atoms with van der Waals surface area (Å²) in [6, 6.07) is 8.36. The monoisotopic (exact) mass is 324 g/mol. The Balaban J connectivity index is 2.23. The first kappa shape index (κ1) is 13.8. The molecule has 3 nitrogen and oxygen atoms in total. The lowest BCUT2D eigenvalue weighted by molar-refractivity contribution is 0.399. The molecule has 1 heterocycles. The zero-order valence-electron chi connectivity index (χ0n) is 10.7. The molecule has 1 atom stereocenters. The Bertz CT molecular complexity index is 577. The SMILES string of the molecule is COc1ncccc1NC(C)c1ccc(F)cc1Br. The van der Waals surface area contributed by atoms with Gasteiger partial charge in [0.15, 0.2) is 0 Å². The number of aromatic nitrogens is 1. The van der Waals surface area contributed by atoms with Crippen LogP contribution >= 0.6 is 15.9 Å². The van der Waals surface area contributed by atoms with Crippen molar-refractivity contribution in [2.24, 2.45) is 0 Å². The largest absolute Gasteiger partial charge is 0.480 e. The Morgan fingerprint density at radius 2 is 2.16 bits per heavy atom. The van der Waals surface area contributed by atoms with Crippen molar-refractivity contribution in [2.75, 3.05) is 12.4 Å². The fraction of sp³-hybridized carbons (Fsp3) is 0.214. The third kappa shape index (κ3) is 3.23. The van der Waals surface area contributed by atoms with E-state index in [4.69, 9.17) is 4.74 Å². The summed E-state index contributed by atoms with van der Waals surface area (Å²) in [5, 5.41) is 3.30. The third-order valence-corrected chi connectivity index (χ3v) is 3.45. The molecule has 0 saturated carbocycles. The van der Waals surface area contributed by atoms with Gasteiger partial charge in [0.1, 0.15) is 5.82 Å². The lowest BCUT2D eigenvalue weighted by Crippen LogP contribution is -2.09. The summed E-state index contributed by atoms with van der Waals surface area (Å²) >= 11 is 3.37. The second-order valence-electron chi connectivity index (χ2n) is 4.09. The van der Waals surface area contributed by atoms with E-state index >= 15 is 0 Å². The summed E-state index contributed by atoms with van der Waals surface area (Å²) in [6.45, 7) is 1.99. The van der Waals surface area contributed by atoms with Crippen molar-refractivity contribution in [1.82, 2.24) is 4.98 Å². The first-order chi connectivity index (χ1) is 9.11. The molecule has 0 spiro atoms. The van der Waals surface area contributed by atoms with Gasteiger partial charge in [0.25, 0.3) is 0 Å². The van der Waals surface area contributed by atoms with Crippen LogP contribution in [-0.2, 0) is 0 Å². The number of halogens is 2. The molecule has 0 saturated heterocycles. The van der Waals surface area contributed by atoms with E-state index in [9.17, 15) is 4.39 Å². The molecule has 1 N–H and O–H groups in total. The van der Waals surface area contributed by atoms with Crippen molar-refractivity contribution in [1.29, 1.82) is 0 Å². The van der Waals surface area contributed by atoms with E-state index in [1.54, 1.807) is 19.4 Å². The van der Waals surface area contributed by atoms with Crippen LogP contribution in [0.5, 0.6) is 5.88 Å². The minimum absolute atomic E-state index is 0.00641. The van der Waals surface area contributed by atoms with Crippen LogP contribution in [0.15, 0.2) is 41.0 Å². The normalized spacial score (nSPS) is 12.0. The van der Waals surface area contributed by atoms with E-state index in [1.807, 2.05) is 19.1 Å². The highest BCUT2D eigenvalue weighted by Gasteiger charge is 2.12. The van der Waals surface area contributed by atoms with Crippen LogP contribution < -0.4 is 10.1 Å². The molecular weight excluding hydrogens is 311 g/mol. The van der Waals surface area contributed by atoms with Gasteiger partial charge >= 0.3 is 0 Å². The molecule has 100 valence electrons. The number of hydrogen-bond donors (Lipinski definition) is 1. The third-order valence-electron chi connectivity index (χ3n) is 2.77. The first-order valence-electron chi connectivity index (χ1n) is 5.82. The Hall–Kier alpha value is -1.62. The fourth-order valence-electron chi connectivity index (χ4n) is 1.83.